The number of carbonyl (C=O) groups excluding carboxylic acids is 1. The van der Waals surface area contributed by atoms with Crippen LogP contribution in [0.5, 0.6) is 0 Å². The fraction of sp³-hybridized carbons (Fsp3) is 0.591. The molecule has 1 aliphatic rings. The number of allylic oxidation sites excluding steroid dienone is 1. The third-order valence-electron chi connectivity index (χ3n) is 4.51. The molecular weight excluding hydrogens is 344 g/mol. The van der Waals surface area contributed by atoms with Gasteiger partial charge in [-0.3, -0.25) is 4.79 Å². The van der Waals surface area contributed by atoms with Crippen LogP contribution in [0.4, 0.5) is 0 Å². The minimum atomic E-state index is -0.609. The summed E-state index contributed by atoms with van der Waals surface area (Å²) in [5.74, 6) is -0.665. The Bertz CT molecular complexity index is 596. The molecule has 2 rings (SSSR count). The average molecular weight is 376 g/mol. The van der Waals surface area contributed by atoms with Gasteiger partial charge in [-0.1, -0.05) is 49.4 Å². The van der Waals surface area contributed by atoms with Gasteiger partial charge in [-0.15, -0.1) is 0 Å². The van der Waals surface area contributed by atoms with Crippen molar-refractivity contribution in [1.82, 2.24) is 0 Å². The largest absolute Gasteiger partial charge is 0.466 e. The first-order chi connectivity index (χ1) is 12.9. The van der Waals surface area contributed by atoms with Gasteiger partial charge in [-0.25, -0.2) is 0 Å². The number of carbonyl (C=O) groups is 1. The summed E-state index contributed by atoms with van der Waals surface area (Å²) in [6.07, 6.45) is 4.85. The van der Waals surface area contributed by atoms with Gasteiger partial charge < -0.3 is 18.9 Å². The minimum Gasteiger partial charge on any atom is -0.466 e. The van der Waals surface area contributed by atoms with Crippen LogP contribution < -0.4 is 0 Å². The number of rotatable bonds is 10. The zero-order valence-corrected chi connectivity index (χ0v) is 16.9. The van der Waals surface area contributed by atoms with E-state index in [1.165, 1.54) is 0 Å². The molecule has 0 saturated carbocycles. The lowest BCUT2D eigenvalue weighted by molar-refractivity contribution is -0.152. The smallest absolute Gasteiger partial charge is 0.306 e. The van der Waals surface area contributed by atoms with E-state index >= 15 is 0 Å². The maximum atomic E-state index is 11.8. The molecule has 1 saturated heterocycles. The molecule has 1 fully saturated rings. The SMILES string of the molecule is CCOC(=O)C[C@H](C=C[C@H](OCc1ccccc1)[C@@H]1COC(C)(C)O1)CC. The minimum absolute atomic E-state index is 0.113. The van der Waals surface area contributed by atoms with Gasteiger partial charge in [0.15, 0.2) is 5.79 Å². The van der Waals surface area contributed by atoms with E-state index in [9.17, 15) is 4.79 Å². The number of hydrogen-bond acceptors (Lipinski definition) is 5. The van der Waals surface area contributed by atoms with Crippen LogP contribution in [0.25, 0.3) is 0 Å². The normalized spacial score (nSPS) is 21.3. The Hall–Kier alpha value is -1.69. The van der Waals surface area contributed by atoms with Crippen molar-refractivity contribution in [2.45, 2.75) is 65.1 Å². The van der Waals surface area contributed by atoms with Gasteiger partial charge in [0.2, 0.25) is 0 Å². The first-order valence-corrected chi connectivity index (χ1v) is 9.74. The average Bonchev–Trinajstić information content (AvgIpc) is 3.01. The fourth-order valence-corrected chi connectivity index (χ4v) is 2.98. The van der Waals surface area contributed by atoms with Gasteiger partial charge in [0.1, 0.15) is 12.2 Å². The molecule has 0 aromatic heterocycles. The highest BCUT2D eigenvalue weighted by Gasteiger charge is 2.37. The van der Waals surface area contributed by atoms with Crippen LogP contribution in [0.15, 0.2) is 42.5 Å². The Morgan fingerprint density at radius 3 is 2.59 bits per heavy atom. The van der Waals surface area contributed by atoms with E-state index in [1.807, 2.05) is 63.3 Å². The highest BCUT2D eigenvalue weighted by molar-refractivity contribution is 5.69. The van der Waals surface area contributed by atoms with E-state index in [4.69, 9.17) is 18.9 Å². The van der Waals surface area contributed by atoms with Gasteiger partial charge in [0.25, 0.3) is 0 Å². The molecule has 3 atom stereocenters. The Labute approximate surface area is 162 Å². The van der Waals surface area contributed by atoms with E-state index in [1.54, 1.807) is 0 Å². The van der Waals surface area contributed by atoms with Crippen molar-refractivity contribution in [2.24, 2.45) is 5.92 Å². The molecule has 1 heterocycles. The van der Waals surface area contributed by atoms with Crippen molar-refractivity contribution in [1.29, 1.82) is 0 Å². The van der Waals surface area contributed by atoms with Crippen LogP contribution in [-0.4, -0.2) is 37.2 Å². The van der Waals surface area contributed by atoms with Crippen LogP contribution in [0.1, 0.15) is 46.1 Å². The predicted octanol–water partition coefficient (Wildman–Crippen LogP) is 4.26. The molecule has 0 aliphatic carbocycles. The summed E-state index contributed by atoms with van der Waals surface area (Å²) in [6.45, 7) is 9.06. The number of hydrogen-bond donors (Lipinski definition) is 0. The van der Waals surface area contributed by atoms with Gasteiger partial charge in [-0.05, 0) is 38.7 Å². The predicted molar refractivity (Wildman–Crippen MR) is 104 cm³/mol. The van der Waals surface area contributed by atoms with Gasteiger partial charge >= 0.3 is 5.97 Å². The second kappa shape index (κ2) is 10.6. The molecule has 0 radical (unpaired) electrons. The summed E-state index contributed by atoms with van der Waals surface area (Å²) in [7, 11) is 0. The third-order valence-corrected chi connectivity index (χ3v) is 4.51. The monoisotopic (exact) mass is 376 g/mol. The first kappa shape index (κ1) is 21.6. The summed E-state index contributed by atoms with van der Waals surface area (Å²) in [4.78, 5) is 11.8. The van der Waals surface area contributed by atoms with Crippen molar-refractivity contribution in [2.75, 3.05) is 13.2 Å². The van der Waals surface area contributed by atoms with Gasteiger partial charge in [0, 0.05) is 0 Å². The van der Waals surface area contributed by atoms with Crippen molar-refractivity contribution < 1.29 is 23.7 Å². The Morgan fingerprint density at radius 2 is 2.00 bits per heavy atom. The summed E-state index contributed by atoms with van der Waals surface area (Å²) < 4.78 is 22.9. The van der Waals surface area contributed by atoms with Gasteiger partial charge in [-0.2, -0.15) is 0 Å². The van der Waals surface area contributed by atoms with Crippen LogP contribution >= 0.6 is 0 Å². The molecule has 0 amide bonds. The fourth-order valence-electron chi connectivity index (χ4n) is 2.98. The van der Waals surface area contributed by atoms with Gasteiger partial charge in [0.05, 0.1) is 26.2 Å². The standard InChI is InChI=1S/C22H32O5/c1-5-17(14-21(23)24-6-2)12-13-19(20-16-26-22(3,4)27-20)25-15-18-10-8-7-9-11-18/h7-13,17,19-20H,5-6,14-16H2,1-4H3/t17-,19-,20-/m0/s1. The second-order valence-electron chi connectivity index (χ2n) is 7.19. The van der Waals surface area contributed by atoms with Crippen molar-refractivity contribution >= 4 is 5.97 Å². The van der Waals surface area contributed by atoms with Crippen molar-refractivity contribution in [3.8, 4) is 0 Å². The topological polar surface area (TPSA) is 54.0 Å². The molecular formula is C22H32O5. The van der Waals surface area contributed by atoms with E-state index in [-0.39, 0.29) is 24.1 Å². The maximum Gasteiger partial charge on any atom is 0.306 e. The molecule has 5 nitrogen and oxygen atoms in total. The second-order valence-corrected chi connectivity index (χ2v) is 7.19. The molecule has 1 aromatic carbocycles. The van der Waals surface area contributed by atoms with Crippen molar-refractivity contribution in [3.05, 3.63) is 48.0 Å². The van der Waals surface area contributed by atoms with Crippen LogP contribution in [-0.2, 0) is 30.3 Å². The Kier molecular flexibility index (Phi) is 8.48. The third kappa shape index (κ3) is 7.45. The van der Waals surface area contributed by atoms with E-state index in [0.29, 0.717) is 26.2 Å². The Balaban J connectivity index is 2.02. The first-order valence-electron chi connectivity index (χ1n) is 9.74. The Morgan fingerprint density at radius 1 is 1.26 bits per heavy atom. The number of esters is 1. The number of benzene rings is 1. The molecule has 1 aliphatic heterocycles. The number of ether oxygens (including phenoxy) is 4. The van der Waals surface area contributed by atoms with Crippen LogP contribution in [0, 0.1) is 5.92 Å². The maximum absolute atomic E-state index is 11.8. The molecule has 1 aromatic rings. The molecule has 0 spiro atoms. The van der Waals surface area contributed by atoms with E-state index < -0.39 is 5.79 Å². The quantitative estimate of drug-likeness (QED) is 0.451. The lowest BCUT2D eigenvalue weighted by atomic mass is 10.0. The summed E-state index contributed by atoms with van der Waals surface area (Å²) in [5.41, 5.74) is 1.10. The highest BCUT2D eigenvalue weighted by atomic mass is 16.7. The van der Waals surface area contributed by atoms with E-state index in [2.05, 4.69) is 6.92 Å². The van der Waals surface area contributed by atoms with E-state index in [0.717, 1.165) is 12.0 Å². The summed E-state index contributed by atoms with van der Waals surface area (Å²) >= 11 is 0. The van der Waals surface area contributed by atoms with Crippen molar-refractivity contribution in [3.63, 3.8) is 0 Å². The molecule has 0 bridgehead atoms. The molecule has 5 heteroatoms. The highest BCUT2D eigenvalue weighted by Crippen LogP contribution is 2.27. The molecule has 150 valence electrons. The molecule has 27 heavy (non-hydrogen) atoms. The summed E-state index contributed by atoms with van der Waals surface area (Å²) in [6, 6.07) is 10.0. The summed E-state index contributed by atoms with van der Waals surface area (Å²) in [5, 5.41) is 0. The molecule has 0 unspecified atom stereocenters. The lowest BCUT2D eigenvalue weighted by Gasteiger charge is -2.23. The zero-order valence-electron chi connectivity index (χ0n) is 16.9. The lowest BCUT2D eigenvalue weighted by Crippen LogP contribution is -2.31. The van der Waals surface area contributed by atoms with Crippen LogP contribution in [0.3, 0.4) is 0 Å². The van der Waals surface area contributed by atoms with Crippen LogP contribution in [0.2, 0.25) is 0 Å². The molecule has 0 N–H and O–H groups in total. The zero-order chi connectivity index (χ0) is 19.7.